The molecule has 0 heterocycles. The Morgan fingerprint density at radius 3 is 2.10 bits per heavy atom. The molecule has 1 aliphatic rings. The predicted molar refractivity (Wildman–Crippen MR) is 91.1 cm³/mol. The third kappa shape index (κ3) is 6.61. The standard InChI is InChI=1S/C19H39N/c1-7-16-9-11-17(12-10-16)18(20-8-2)13-15(3)14-19(4,5)6/h15-18,20H,7-14H2,1-6H3. The van der Waals surface area contributed by atoms with Crippen LogP contribution in [0.15, 0.2) is 0 Å². The molecule has 0 aromatic heterocycles. The Kier molecular flexibility index (Phi) is 7.58. The summed E-state index contributed by atoms with van der Waals surface area (Å²) >= 11 is 0. The molecule has 1 aliphatic carbocycles. The minimum absolute atomic E-state index is 0.468. The average molecular weight is 282 g/mol. The van der Waals surface area contributed by atoms with Crippen LogP contribution in [-0.2, 0) is 0 Å². The van der Waals surface area contributed by atoms with E-state index in [1.807, 2.05) is 0 Å². The second-order valence-electron chi connectivity index (χ2n) is 8.46. The number of hydrogen-bond acceptors (Lipinski definition) is 1. The first-order chi connectivity index (χ1) is 9.35. The fourth-order valence-electron chi connectivity index (χ4n) is 4.27. The molecule has 0 amide bonds. The van der Waals surface area contributed by atoms with Crippen LogP contribution >= 0.6 is 0 Å². The van der Waals surface area contributed by atoms with E-state index in [1.165, 1.54) is 44.9 Å². The van der Waals surface area contributed by atoms with Crippen LogP contribution in [0.2, 0.25) is 0 Å². The molecule has 0 bridgehead atoms. The molecule has 120 valence electrons. The molecular weight excluding hydrogens is 242 g/mol. The molecule has 20 heavy (non-hydrogen) atoms. The number of nitrogens with one attached hydrogen (secondary N) is 1. The van der Waals surface area contributed by atoms with E-state index in [0.29, 0.717) is 5.41 Å². The fourth-order valence-corrected chi connectivity index (χ4v) is 4.27. The van der Waals surface area contributed by atoms with Gasteiger partial charge in [0.2, 0.25) is 0 Å². The van der Waals surface area contributed by atoms with Crippen molar-refractivity contribution in [1.29, 1.82) is 0 Å². The van der Waals surface area contributed by atoms with Gasteiger partial charge in [-0.15, -0.1) is 0 Å². The van der Waals surface area contributed by atoms with Gasteiger partial charge in [-0.1, -0.05) is 60.8 Å². The van der Waals surface area contributed by atoms with Crippen LogP contribution in [0.4, 0.5) is 0 Å². The first kappa shape index (κ1) is 18.0. The summed E-state index contributed by atoms with van der Waals surface area (Å²) in [5, 5.41) is 3.80. The van der Waals surface area contributed by atoms with E-state index in [4.69, 9.17) is 0 Å². The van der Waals surface area contributed by atoms with Gasteiger partial charge in [-0.2, -0.15) is 0 Å². The van der Waals surface area contributed by atoms with Gasteiger partial charge in [0, 0.05) is 6.04 Å². The monoisotopic (exact) mass is 281 g/mol. The summed E-state index contributed by atoms with van der Waals surface area (Å²) in [5.41, 5.74) is 0.468. The van der Waals surface area contributed by atoms with Crippen LogP contribution in [0.25, 0.3) is 0 Å². The van der Waals surface area contributed by atoms with Crippen LogP contribution in [0.5, 0.6) is 0 Å². The third-order valence-electron chi connectivity index (χ3n) is 5.12. The molecule has 0 aromatic carbocycles. The highest BCUT2D eigenvalue weighted by molar-refractivity contribution is 4.83. The molecule has 1 heteroatoms. The smallest absolute Gasteiger partial charge is 0.00977 e. The van der Waals surface area contributed by atoms with E-state index >= 15 is 0 Å². The highest BCUT2D eigenvalue weighted by atomic mass is 14.9. The van der Waals surface area contributed by atoms with Gasteiger partial charge >= 0.3 is 0 Å². The van der Waals surface area contributed by atoms with Gasteiger partial charge in [0.25, 0.3) is 0 Å². The lowest BCUT2D eigenvalue weighted by Crippen LogP contribution is -2.39. The van der Waals surface area contributed by atoms with Gasteiger partial charge in [0.05, 0.1) is 0 Å². The summed E-state index contributed by atoms with van der Waals surface area (Å²) in [5.74, 6) is 2.78. The summed E-state index contributed by atoms with van der Waals surface area (Å²) in [4.78, 5) is 0. The maximum Gasteiger partial charge on any atom is 0.00977 e. The largest absolute Gasteiger partial charge is 0.314 e. The highest BCUT2D eigenvalue weighted by Gasteiger charge is 2.28. The van der Waals surface area contributed by atoms with Crippen molar-refractivity contribution < 1.29 is 0 Å². The van der Waals surface area contributed by atoms with Crippen molar-refractivity contribution in [2.45, 2.75) is 92.5 Å². The average Bonchev–Trinajstić information content (AvgIpc) is 2.36. The lowest BCUT2D eigenvalue weighted by molar-refractivity contribution is 0.186. The SMILES string of the molecule is CCNC(CC(C)CC(C)(C)C)C1CCC(CC)CC1. The molecule has 2 atom stereocenters. The van der Waals surface area contributed by atoms with E-state index < -0.39 is 0 Å². The minimum Gasteiger partial charge on any atom is -0.314 e. The Bertz CT molecular complexity index is 245. The van der Waals surface area contributed by atoms with Gasteiger partial charge in [0.15, 0.2) is 0 Å². The first-order valence-corrected chi connectivity index (χ1v) is 9.09. The fraction of sp³-hybridized carbons (Fsp3) is 1.00. The van der Waals surface area contributed by atoms with Gasteiger partial charge in [-0.3, -0.25) is 0 Å². The van der Waals surface area contributed by atoms with Crippen molar-refractivity contribution in [3.63, 3.8) is 0 Å². The zero-order chi connectivity index (χ0) is 15.2. The van der Waals surface area contributed by atoms with Crippen molar-refractivity contribution in [1.82, 2.24) is 5.32 Å². The summed E-state index contributed by atoms with van der Waals surface area (Å²) in [6.07, 6.45) is 9.95. The van der Waals surface area contributed by atoms with Crippen molar-refractivity contribution in [3.8, 4) is 0 Å². The maximum absolute atomic E-state index is 3.80. The molecule has 0 aromatic rings. The first-order valence-electron chi connectivity index (χ1n) is 9.09. The number of rotatable bonds is 7. The zero-order valence-corrected chi connectivity index (χ0v) is 15.0. The Hall–Kier alpha value is -0.0400. The van der Waals surface area contributed by atoms with E-state index in [-0.39, 0.29) is 0 Å². The Labute approximate surface area is 128 Å². The lowest BCUT2D eigenvalue weighted by atomic mass is 9.74. The summed E-state index contributed by atoms with van der Waals surface area (Å²) in [6, 6.07) is 0.759. The summed E-state index contributed by atoms with van der Waals surface area (Å²) in [6.45, 7) is 15.3. The van der Waals surface area contributed by atoms with Crippen LogP contribution in [-0.4, -0.2) is 12.6 Å². The maximum atomic E-state index is 3.80. The van der Waals surface area contributed by atoms with Crippen LogP contribution in [0.3, 0.4) is 0 Å². The zero-order valence-electron chi connectivity index (χ0n) is 15.0. The van der Waals surface area contributed by atoms with E-state index in [2.05, 4.69) is 46.9 Å². The molecule has 1 fully saturated rings. The van der Waals surface area contributed by atoms with Gasteiger partial charge in [-0.25, -0.2) is 0 Å². The van der Waals surface area contributed by atoms with E-state index in [9.17, 15) is 0 Å². The second kappa shape index (κ2) is 8.41. The molecule has 0 radical (unpaired) electrons. The predicted octanol–water partition coefficient (Wildman–Crippen LogP) is 5.64. The molecule has 1 N–H and O–H groups in total. The molecular formula is C19H39N. The highest BCUT2D eigenvalue weighted by Crippen LogP contribution is 2.35. The van der Waals surface area contributed by atoms with Crippen LogP contribution in [0.1, 0.15) is 86.5 Å². The molecule has 0 aliphatic heterocycles. The van der Waals surface area contributed by atoms with E-state index in [0.717, 1.165) is 30.3 Å². The normalized spacial score (nSPS) is 27.3. The quantitative estimate of drug-likeness (QED) is 0.636. The molecule has 0 spiro atoms. The molecule has 0 saturated heterocycles. The lowest BCUT2D eigenvalue weighted by Gasteiger charge is -2.36. The molecule has 1 saturated carbocycles. The molecule has 2 unspecified atom stereocenters. The molecule has 1 rings (SSSR count). The molecule has 1 nitrogen and oxygen atoms in total. The van der Waals surface area contributed by atoms with Crippen molar-refractivity contribution in [2.24, 2.45) is 23.2 Å². The Balaban J connectivity index is 2.47. The topological polar surface area (TPSA) is 12.0 Å². The van der Waals surface area contributed by atoms with Crippen LogP contribution < -0.4 is 5.32 Å². The number of hydrogen-bond donors (Lipinski definition) is 1. The van der Waals surface area contributed by atoms with Gasteiger partial charge < -0.3 is 5.32 Å². The minimum atomic E-state index is 0.468. The Morgan fingerprint density at radius 2 is 1.65 bits per heavy atom. The van der Waals surface area contributed by atoms with Crippen molar-refractivity contribution >= 4 is 0 Å². The van der Waals surface area contributed by atoms with Crippen molar-refractivity contribution in [2.75, 3.05) is 6.54 Å². The third-order valence-corrected chi connectivity index (χ3v) is 5.12. The van der Waals surface area contributed by atoms with E-state index in [1.54, 1.807) is 0 Å². The summed E-state index contributed by atoms with van der Waals surface area (Å²) in [7, 11) is 0. The van der Waals surface area contributed by atoms with Gasteiger partial charge in [0.1, 0.15) is 0 Å². The van der Waals surface area contributed by atoms with Gasteiger partial charge in [-0.05, 0) is 55.4 Å². The van der Waals surface area contributed by atoms with Crippen LogP contribution in [0, 0.1) is 23.2 Å². The Morgan fingerprint density at radius 1 is 1.05 bits per heavy atom. The van der Waals surface area contributed by atoms with Crippen molar-refractivity contribution in [3.05, 3.63) is 0 Å². The summed E-state index contributed by atoms with van der Waals surface area (Å²) < 4.78 is 0. The second-order valence-corrected chi connectivity index (χ2v) is 8.46.